The lowest BCUT2D eigenvalue weighted by Crippen LogP contribution is -2.23. The van der Waals surface area contributed by atoms with Crippen LogP contribution in [0.25, 0.3) is 0 Å². The van der Waals surface area contributed by atoms with Crippen LogP contribution in [0.15, 0.2) is 47.6 Å². The van der Waals surface area contributed by atoms with E-state index in [4.69, 9.17) is 5.73 Å². The van der Waals surface area contributed by atoms with Gasteiger partial charge in [-0.1, -0.05) is 12.1 Å². The molecule has 0 atom stereocenters. The second kappa shape index (κ2) is 5.33. The average molecular weight is 281 g/mol. The lowest BCUT2D eigenvalue weighted by atomic mass is 10.2. The van der Waals surface area contributed by atoms with Gasteiger partial charge in [-0.25, -0.2) is 17.5 Å². The molecule has 1 heterocycles. The Labute approximate surface area is 110 Å². The van der Waals surface area contributed by atoms with Crippen LogP contribution in [-0.4, -0.2) is 13.4 Å². The maximum Gasteiger partial charge on any atom is 0.242 e. The maximum absolute atomic E-state index is 12.7. The van der Waals surface area contributed by atoms with E-state index in [9.17, 15) is 12.8 Å². The van der Waals surface area contributed by atoms with E-state index in [0.717, 1.165) is 0 Å². The summed E-state index contributed by atoms with van der Waals surface area (Å²) in [6, 6.07) is 6.88. The lowest BCUT2D eigenvalue weighted by molar-refractivity contribution is 0.581. The summed E-state index contributed by atoms with van der Waals surface area (Å²) in [6.45, 7) is 0.0669. The predicted molar refractivity (Wildman–Crippen MR) is 69.1 cm³/mol. The van der Waals surface area contributed by atoms with Gasteiger partial charge in [-0.2, -0.15) is 0 Å². The Morgan fingerprint density at radius 3 is 2.53 bits per heavy atom. The van der Waals surface area contributed by atoms with Crippen LogP contribution >= 0.6 is 0 Å². The van der Waals surface area contributed by atoms with Crippen LogP contribution in [0.5, 0.6) is 0 Å². The number of hydrogen-bond donors (Lipinski definition) is 2. The van der Waals surface area contributed by atoms with Gasteiger partial charge in [0.2, 0.25) is 10.0 Å². The fraction of sp³-hybridized carbons (Fsp3) is 0.0833. The number of nitrogens with one attached hydrogen (secondary N) is 1. The number of pyridine rings is 1. The highest BCUT2D eigenvalue weighted by molar-refractivity contribution is 7.89. The van der Waals surface area contributed by atoms with Crippen LogP contribution in [0.3, 0.4) is 0 Å². The zero-order valence-corrected chi connectivity index (χ0v) is 10.7. The molecule has 100 valence electrons. The summed E-state index contributed by atoms with van der Waals surface area (Å²) in [7, 11) is -3.68. The molecule has 0 aliphatic heterocycles. The van der Waals surface area contributed by atoms with Crippen LogP contribution in [0.2, 0.25) is 0 Å². The number of nitrogen functional groups attached to an aromatic ring is 1. The SMILES string of the molecule is Nc1cncc(S(=O)(=O)NCc2ccc(F)cc2)c1. The molecule has 0 bridgehead atoms. The van der Waals surface area contributed by atoms with Gasteiger partial charge in [-0.15, -0.1) is 0 Å². The van der Waals surface area contributed by atoms with Crippen molar-refractivity contribution in [2.45, 2.75) is 11.4 Å². The van der Waals surface area contributed by atoms with Gasteiger partial charge in [0, 0.05) is 18.9 Å². The number of rotatable bonds is 4. The minimum Gasteiger partial charge on any atom is -0.397 e. The first kappa shape index (κ1) is 13.4. The van der Waals surface area contributed by atoms with Crippen LogP contribution in [-0.2, 0) is 16.6 Å². The van der Waals surface area contributed by atoms with Gasteiger partial charge in [0.05, 0.1) is 5.69 Å². The summed E-state index contributed by atoms with van der Waals surface area (Å²) in [5.41, 5.74) is 6.41. The van der Waals surface area contributed by atoms with Crippen molar-refractivity contribution in [3.8, 4) is 0 Å². The summed E-state index contributed by atoms with van der Waals surface area (Å²) in [6.07, 6.45) is 2.57. The quantitative estimate of drug-likeness (QED) is 0.884. The highest BCUT2D eigenvalue weighted by Crippen LogP contribution is 2.11. The van der Waals surface area contributed by atoms with E-state index in [1.807, 2.05) is 0 Å². The number of aromatic nitrogens is 1. The van der Waals surface area contributed by atoms with E-state index < -0.39 is 10.0 Å². The highest BCUT2D eigenvalue weighted by atomic mass is 32.2. The number of hydrogen-bond acceptors (Lipinski definition) is 4. The van der Waals surface area contributed by atoms with Gasteiger partial charge in [0.15, 0.2) is 0 Å². The first-order valence-electron chi connectivity index (χ1n) is 5.42. The van der Waals surface area contributed by atoms with Crippen molar-refractivity contribution in [2.75, 3.05) is 5.73 Å². The van der Waals surface area contributed by atoms with E-state index in [2.05, 4.69) is 9.71 Å². The molecule has 0 unspecified atom stereocenters. The second-order valence-corrected chi connectivity index (χ2v) is 5.67. The van der Waals surface area contributed by atoms with Crippen molar-refractivity contribution < 1.29 is 12.8 Å². The Morgan fingerprint density at radius 1 is 1.21 bits per heavy atom. The molecule has 7 heteroatoms. The highest BCUT2D eigenvalue weighted by Gasteiger charge is 2.14. The number of nitrogens with two attached hydrogens (primary N) is 1. The molecular formula is C12H12FN3O2S. The van der Waals surface area contributed by atoms with Crippen LogP contribution in [0.1, 0.15) is 5.56 Å². The van der Waals surface area contributed by atoms with Gasteiger partial charge in [-0.3, -0.25) is 4.98 Å². The van der Waals surface area contributed by atoms with Gasteiger partial charge in [0.1, 0.15) is 10.7 Å². The monoisotopic (exact) mass is 281 g/mol. The Balaban J connectivity index is 2.12. The third kappa shape index (κ3) is 3.49. The topological polar surface area (TPSA) is 85.1 Å². The van der Waals surface area contributed by atoms with E-state index >= 15 is 0 Å². The second-order valence-electron chi connectivity index (χ2n) is 3.90. The van der Waals surface area contributed by atoms with Crippen molar-refractivity contribution in [3.05, 3.63) is 54.1 Å². The van der Waals surface area contributed by atoms with Gasteiger partial charge >= 0.3 is 0 Å². The van der Waals surface area contributed by atoms with Gasteiger partial charge in [0.25, 0.3) is 0 Å². The van der Waals surface area contributed by atoms with Gasteiger partial charge in [-0.05, 0) is 23.8 Å². The van der Waals surface area contributed by atoms with E-state index in [1.165, 1.54) is 42.7 Å². The van der Waals surface area contributed by atoms with Crippen molar-refractivity contribution in [1.29, 1.82) is 0 Å². The zero-order chi connectivity index (χ0) is 13.9. The Kier molecular flexibility index (Phi) is 3.77. The third-order valence-electron chi connectivity index (χ3n) is 2.42. The summed E-state index contributed by atoms with van der Waals surface area (Å²) in [5.74, 6) is -0.369. The molecular weight excluding hydrogens is 269 g/mol. The smallest absolute Gasteiger partial charge is 0.242 e. The lowest BCUT2D eigenvalue weighted by Gasteiger charge is -2.07. The molecule has 2 aromatic rings. The number of benzene rings is 1. The third-order valence-corrected chi connectivity index (χ3v) is 3.79. The molecule has 2 rings (SSSR count). The van der Waals surface area contributed by atoms with Crippen molar-refractivity contribution >= 4 is 15.7 Å². The zero-order valence-electron chi connectivity index (χ0n) is 9.88. The summed E-state index contributed by atoms with van der Waals surface area (Å²) < 4.78 is 39.0. The molecule has 3 N–H and O–H groups in total. The fourth-order valence-corrected chi connectivity index (χ4v) is 2.46. The summed E-state index contributed by atoms with van der Waals surface area (Å²) in [4.78, 5) is 3.72. The molecule has 0 radical (unpaired) electrons. The molecule has 5 nitrogen and oxygen atoms in total. The van der Waals surface area contributed by atoms with Crippen molar-refractivity contribution in [3.63, 3.8) is 0 Å². The van der Waals surface area contributed by atoms with E-state index in [1.54, 1.807) is 0 Å². The van der Waals surface area contributed by atoms with E-state index in [0.29, 0.717) is 5.56 Å². The van der Waals surface area contributed by atoms with Crippen LogP contribution in [0.4, 0.5) is 10.1 Å². The van der Waals surface area contributed by atoms with Crippen molar-refractivity contribution in [2.24, 2.45) is 0 Å². The molecule has 1 aromatic heterocycles. The summed E-state index contributed by atoms with van der Waals surface area (Å²) in [5, 5.41) is 0. The Morgan fingerprint density at radius 2 is 1.89 bits per heavy atom. The normalized spacial score (nSPS) is 11.4. The molecule has 0 aliphatic carbocycles. The first-order valence-corrected chi connectivity index (χ1v) is 6.90. The predicted octanol–water partition coefficient (Wildman–Crippen LogP) is 1.28. The number of halogens is 1. The first-order chi connectivity index (χ1) is 8.97. The minimum absolute atomic E-state index is 0.00499. The molecule has 1 aromatic carbocycles. The van der Waals surface area contributed by atoms with Crippen molar-refractivity contribution in [1.82, 2.24) is 9.71 Å². The maximum atomic E-state index is 12.7. The Bertz CT molecular complexity index is 672. The van der Waals surface area contributed by atoms with Crippen LogP contribution < -0.4 is 10.5 Å². The number of sulfonamides is 1. The molecule has 0 saturated heterocycles. The average Bonchev–Trinajstić information content (AvgIpc) is 2.38. The minimum atomic E-state index is -3.68. The molecule has 0 aliphatic rings. The molecule has 0 amide bonds. The van der Waals surface area contributed by atoms with E-state index in [-0.39, 0.29) is 22.9 Å². The summed E-state index contributed by atoms with van der Waals surface area (Å²) >= 11 is 0. The number of anilines is 1. The molecule has 19 heavy (non-hydrogen) atoms. The molecule has 0 spiro atoms. The number of nitrogens with zero attached hydrogens (tertiary/aromatic N) is 1. The van der Waals surface area contributed by atoms with Gasteiger partial charge < -0.3 is 5.73 Å². The van der Waals surface area contributed by atoms with Crippen LogP contribution in [0, 0.1) is 5.82 Å². The molecule has 0 fully saturated rings. The standard InChI is InChI=1S/C12H12FN3O2S/c13-10-3-1-9(2-4-10)6-16-19(17,18)12-5-11(14)7-15-8-12/h1-5,7-8,16H,6,14H2. The largest absolute Gasteiger partial charge is 0.397 e. The Hall–Kier alpha value is -1.99. The molecule has 0 saturated carbocycles. The fourth-order valence-electron chi connectivity index (χ4n) is 1.45.